The van der Waals surface area contributed by atoms with E-state index in [1.165, 1.54) is 19.3 Å². The van der Waals surface area contributed by atoms with E-state index in [-0.39, 0.29) is 12.0 Å². The van der Waals surface area contributed by atoms with Gasteiger partial charge in [-0.1, -0.05) is 26.2 Å². The van der Waals surface area contributed by atoms with Crippen LogP contribution in [0.15, 0.2) is 0 Å². The fourth-order valence-corrected chi connectivity index (χ4v) is 2.32. The summed E-state index contributed by atoms with van der Waals surface area (Å²) in [6.45, 7) is 6.67. The van der Waals surface area contributed by atoms with Gasteiger partial charge in [0, 0.05) is 0 Å². The molecule has 0 spiro atoms. The quantitative estimate of drug-likeness (QED) is 0.653. The molecule has 0 saturated carbocycles. The largest absolute Gasteiger partial charge is 0.465 e. The normalized spacial score (nSPS) is 19.4. The summed E-state index contributed by atoms with van der Waals surface area (Å²) in [5.41, 5.74) is 0. The van der Waals surface area contributed by atoms with Gasteiger partial charge in [0.25, 0.3) is 0 Å². The Kier molecular flexibility index (Phi) is 6.46. The molecule has 1 aliphatic heterocycles. The molecule has 1 unspecified atom stereocenters. The van der Waals surface area contributed by atoms with Gasteiger partial charge in [-0.25, -0.2) is 0 Å². The zero-order chi connectivity index (χ0) is 11.8. The molecule has 1 heterocycles. The van der Waals surface area contributed by atoms with Gasteiger partial charge < -0.3 is 4.74 Å². The first-order valence-corrected chi connectivity index (χ1v) is 6.70. The van der Waals surface area contributed by atoms with E-state index < -0.39 is 0 Å². The molecule has 0 radical (unpaired) electrons. The zero-order valence-electron chi connectivity index (χ0n) is 10.7. The second kappa shape index (κ2) is 7.66. The standard InChI is InChI=1S/C13H25NO2/c1-3-5-9-12(13(15)16-4-2)14-10-7-6-8-11-14/h12H,3-11H2,1-2H3. The van der Waals surface area contributed by atoms with Crippen molar-refractivity contribution < 1.29 is 9.53 Å². The molecule has 0 amide bonds. The first-order valence-electron chi connectivity index (χ1n) is 6.70. The van der Waals surface area contributed by atoms with Gasteiger partial charge in [-0.2, -0.15) is 0 Å². The van der Waals surface area contributed by atoms with Crippen molar-refractivity contribution in [1.82, 2.24) is 4.90 Å². The molecule has 0 aromatic heterocycles. The number of unbranched alkanes of at least 4 members (excludes halogenated alkanes) is 1. The van der Waals surface area contributed by atoms with Gasteiger partial charge in [-0.3, -0.25) is 9.69 Å². The first-order chi connectivity index (χ1) is 7.79. The van der Waals surface area contributed by atoms with E-state index in [1.54, 1.807) is 0 Å². The SMILES string of the molecule is CCCCC(C(=O)OCC)N1CCCCC1. The van der Waals surface area contributed by atoms with Crippen molar-refractivity contribution in [3.05, 3.63) is 0 Å². The topological polar surface area (TPSA) is 29.5 Å². The molecule has 94 valence electrons. The average molecular weight is 227 g/mol. The fourth-order valence-electron chi connectivity index (χ4n) is 2.32. The second-order valence-electron chi connectivity index (χ2n) is 4.51. The van der Waals surface area contributed by atoms with Crippen molar-refractivity contribution in [2.24, 2.45) is 0 Å². The third-order valence-electron chi connectivity index (χ3n) is 3.22. The Morgan fingerprint density at radius 2 is 1.94 bits per heavy atom. The molecule has 1 aliphatic rings. The number of piperidine rings is 1. The van der Waals surface area contributed by atoms with Gasteiger partial charge in [0.15, 0.2) is 0 Å². The highest BCUT2D eigenvalue weighted by molar-refractivity contribution is 5.75. The maximum Gasteiger partial charge on any atom is 0.323 e. The molecule has 0 aliphatic carbocycles. The van der Waals surface area contributed by atoms with Crippen LogP contribution in [-0.4, -0.2) is 36.6 Å². The third-order valence-corrected chi connectivity index (χ3v) is 3.22. The number of carbonyl (C=O) groups excluding carboxylic acids is 1. The minimum atomic E-state index is -0.0159. The maximum absolute atomic E-state index is 11.9. The lowest BCUT2D eigenvalue weighted by atomic mass is 10.0. The number of carbonyl (C=O) groups is 1. The van der Waals surface area contributed by atoms with Crippen LogP contribution in [0, 0.1) is 0 Å². The van der Waals surface area contributed by atoms with Crippen LogP contribution in [0.4, 0.5) is 0 Å². The summed E-state index contributed by atoms with van der Waals surface area (Å²) in [4.78, 5) is 14.2. The van der Waals surface area contributed by atoms with Crippen LogP contribution < -0.4 is 0 Å². The highest BCUT2D eigenvalue weighted by atomic mass is 16.5. The Morgan fingerprint density at radius 1 is 1.25 bits per heavy atom. The lowest BCUT2D eigenvalue weighted by Crippen LogP contribution is -2.44. The average Bonchev–Trinajstić information content (AvgIpc) is 2.31. The van der Waals surface area contributed by atoms with Crippen LogP contribution >= 0.6 is 0 Å². The number of likely N-dealkylation sites (tertiary alicyclic amines) is 1. The van der Waals surface area contributed by atoms with Gasteiger partial charge in [-0.05, 0) is 39.3 Å². The van der Waals surface area contributed by atoms with Crippen molar-refractivity contribution in [2.45, 2.75) is 58.4 Å². The molecule has 1 fully saturated rings. The van der Waals surface area contributed by atoms with E-state index in [4.69, 9.17) is 4.74 Å². The molecule has 1 rings (SSSR count). The molecule has 0 aromatic rings. The van der Waals surface area contributed by atoms with Crippen LogP contribution in [-0.2, 0) is 9.53 Å². The predicted octanol–water partition coefficient (Wildman–Crippen LogP) is 2.59. The predicted molar refractivity (Wildman–Crippen MR) is 65.4 cm³/mol. The number of nitrogens with zero attached hydrogens (tertiary/aromatic N) is 1. The third kappa shape index (κ3) is 4.12. The Bertz CT molecular complexity index is 200. The molecule has 0 N–H and O–H groups in total. The summed E-state index contributed by atoms with van der Waals surface area (Å²) in [5.74, 6) is -0.0159. The van der Waals surface area contributed by atoms with Gasteiger partial charge in [0.1, 0.15) is 6.04 Å². The summed E-state index contributed by atoms with van der Waals surface area (Å²) in [5, 5.41) is 0. The van der Waals surface area contributed by atoms with E-state index in [0.29, 0.717) is 6.61 Å². The Balaban J connectivity index is 2.50. The molecular formula is C13H25NO2. The molecule has 0 aromatic carbocycles. The summed E-state index contributed by atoms with van der Waals surface area (Å²) < 4.78 is 5.17. The number of esters is 1. The minimum absolute atomic E-state index is 0.0141. The minimum Gasteiger partial charge on any atom is -0.465 e. The van der Waals surface area contributed by atoms with Crippen molar-refractivity contribution in [1.29, 1.82) is 0 Å². The fraction of sp³-hybridized carbons (Fsp3) is 0.923. The highest BCUT2D eigenvalue weighted by Gasteiger charge is 2.27. The summed E-state index contributed by atoms with van der Waals surface area (Å²) >= 11 is 0. The Labute approximate surface area is 99.1 Å². The van der Waals surface area contributed by atoms with Crippen LogP contribution in [0.3, 0.4) is 0 Å². The van der Waals surface area contributed by atoms with E-state index in [1.807, 2.05) is 6.92 Å². The second-order valence-corrected chi connectivity index (χ2v) is 4.51. The van der Waals surface area contributed by atoms with E-state index in [9.17, 15) is 4.79 Å². The Morgan fingerprint density at radius 3 is 2.50 bits per heavy atom. The monoisotopic (exact) mass is 227 g/mol. The van der Waals surface area contributed by atoms with E-state index in [2.05, 4.69) is 11.8 Å². The highest BCUT2D eigenvalue weighted by Crippen LogP contribution is 2.17. The summed E-state index contributed by atoms with van der Waals surface area (Å²) in [7, 11) is 0. The Hall–Kier alpha value is -0.570. The zero-order valence-corrected chi connectivity index (χ0v) is 10.7. The molecule has 3 heteroatoms. The lowest BCUT2D eigenvalue weighted by Gasteiger charge is -2.32. The smallest absolute Gasteiger partial charge is 0.323 e. The number of rotatable bonds is 6. The van der Waals surface area contributed by atoms with Gasteiger partial charge >= 0.3 is 5.97 Å². The van der Waals surface area contributed by atoms with Crippen molar-refractivity contribution in [2.75, 3.05) is 19.7 Å². The van der Waals surface area contributed by atoms with Crippen LogP contribution in [0.2, 0.25) is 0 Å². The number of hydrogen-bond donors (Lipinski definition) is 0. The molecule has 0 bridgehead atoms. The van der Waals surface area contributed by atoms with E-state index in [0.717, 1.165) is 32.4 Å². The van der Waals surface area contributed by atoms with Crippen molar-refractivity contribution in [3.63, 3.8) is 0 Å². The lowest BCUT2D eigenvalue weighted by molar-refractivity contribution is -0.150. The van der Waals surface area contributed by atoms with Gasteiger partial charge in [-0.15, -0.1) is 0 Å². The number of hydrogen-bond acceptors (Lipinski definition) is 3. The van der Waals surface area contributed by atoms with Gasteiger partial charge in [0.05, 0.1) is 6.61 Å². The first kappa shape index (κ1) is 13.5. The molecule has 1 atom stereocenters. The van der Waals surface area contributed by atoms with Crippen LogP contribution in [0.1, 0.15) is 52.4 Å². The van der Waals surface area contributed by atoms with Crippen molar-refractivity contribution in [3.8, 4) is 0 Å². The van der Waals surface area contributed by atoms with Crippen LogP contribution in [0.5, 0.6) is 0 Å². The van der Waals surface area contributed by atoms with Crippen molar-refractivity contribution >= 4 is 5.97 Å². The summed E-state index contributed by atoms with van der Waals surface area (Å²) in [6, 6.07) is 0.0141. The number of ether oxygens (including phenoxy) is 1. The van der Waals surface area contributed by atoms with Gasteiger partial charge in [0.2, 0.25) is 0 Å². The van der Waals surface area contributed by atoms with Crippen LogP contribution in [0.25, 0.3) is 0 Å². The summed E-state index contributed by atoms with van der Waals surface area (Å²) in [6.07, 6.45) is 6.96. The molecular weight excluding hydrogens is 202 g/mol. The molecule has 16 heavy (non-hydrogen) atoms. The maximum atomic E-state index is 11.9. The molecule has 3 nitrogen and oxygen atoms in total. The molecule has 1 saturated heterocycles. The van der Waals surface area contributed by atoms with E-state index >= 15 is 0 Å².